The lowest BCUT2D eigenvalue weighted by molar-refractivity contribution is 0.174. The molecule has 1 aliphatic carbocycles. The zero-order chi connectivity index (χ0) is 6.81. The van der Waals surface area contributed by atoms with Gasteiger partial charge in [0.15, 0.2) is 0 Å². The van der Waals surface area contributed by atoms with Gasteiger partial charge in [-0.25, -0.2) is 0 Å². The van der Waals surface area contributed by atoms with E-state index in [1.54, 1.807) is 0 Å². The summed E-state index contributed by atoms with van der Waals surface area (Å²) in [7, 11) is 0. The Balaban J connectivity index is 2.08. The van der Waals surface area contributed by atoms with Crippen molar-refractivity contribution in [3.63, 3.8) is 0 Å². The Bertz CT molecular complexity index is 153. The Kier molecular flexibility index (Phi) is 1.63. The number of ether oxygens (including phenoxy) is 1. The van der Waals surface area contributed by atoms with Crippen LogP contribution < -0.4 is 5.32 Å². The van der Waals surface area contributed by atoms with Crippen molar-refractivity contribution in [3.05, 3.63) is 11.8 Å². The first-order chi connectivity index (χ1) is 4.97. The molecule has 1 heterocycles. The van der Waals surface area contributed by atoms with Crippen LogP contribution in [0.3, 0.4) is 0 Å². The molecule has 1 aliphatic heterocycles. The summed E-state index contributed by atoms with van der Waals surface area (Å²) in [5.74, 6) is 0. The van der Waals surface area contributed by atoms with Gasteiger partial charge in [0, 0.05) is 6.04 Å². The second-order valence-corrected chi connectivity index (χ2v) is 3.01. The molecule has 10 heavy (non-hydrogen) atoms. The maximum Gasteiger partial charge on any atom is 0.139 e. The minimum atomic E-state index is 0.641. The molecule has 56 valence electrons. The number of rotatable bonds is 0. The van der Waals surface area contributed by atoms with Gasteiger partial charge in [0.05, 0.1) is 6.26 Å². The first-order valence-corrected chi connectivity index (χ1v) is 4.01. The highest BCUT2D eigenvalue weighted by atomic mass is 16.5. The van der Waals surface area contributed by atoms with E-state index in [1.165, 1.54) is 31.3 Å². The zero-order valence-electron chi connectivity index (χ0n) is 6.10. The lowest BCUT2D eigenvalue weighted by atomic mass is 9.90. The number of fused-ring (bicyclic) bond motifs is 1. The van der Waals surface area contributed by atoms with Crippen LogP contribution in [0.15, 0.2) is 11.8 Å². The van der Waals surface area contributed by atoms with Gasteiger partial charge < -0.3 is 4.74 Å². The topological polar surface area (TPSA) is 21.3 Å². The first-order valence-electron chi connectivity index (χ1n) is 4.01. The number of hydrogen-bond acceptors (Lipinski definition) is 2. The van der Waals surface area contributed by atoms with E-state index in [0.29, 0.717) is 12.8 Å². The van der Waals surface area contributed by atoms with Gasteiger partial charge in [0.25, 0.3) is 0 Å². The molecule has 2 aliphatic rings. The number of hydrogen-bond donors (Lipinski definition) is 1. The Morgan fingerprint density at radius 2 is 2.50 bits per heavy atom. The largest absolute Gasteiger partial charge is 0.486 e. The first kappa shape index (κ1) is 6.23. The summed E-state index contributed by atoms with van der Waals surface area (Å²) in [4.78, 5) is 0. The van der Waals surface area contributed by atoms with Crippen molar-refractivity contribution < 1.29 is 4.74 Å². The molecule has 1 unspecified atom stereocenters. The van der Waals surface area contributed by atoms with Crippen molar-refractivity contribution in [2.24, 2.45) is 0 Å². The molecule has 0 saturated heterocycles. The van der Waals surface area contributed by atoms with Crippen molar-refractivity contribution in [1.82, 2.24) is 5.32 Å². The monoisotopic (exact) mass is 139 g/mol. The highest BCUT2D eigenvalue weighted by Crippen LogP contribution is 2.24. The van der Waals surface area contributed by atoms with E-state index in [-0.39, 0.29) is 0 Å². The summed E-state index contributed by atoms with van der Waals surface area (Å²) in [5, 5.41) is 3.33. The lowest BCUT2D eigenvalue weighted by Gasteiger charge is -2.29. The van der Waals surface area contributed by atoms with Gasteiger partial charge in [-0.15, -0.1) is 0 Å². The van der Waals surface area contributed by atoms with Crippen molar-refractivity contribution in [1.29, 1.82) is 0 Å². The molecule has 2 rings (SSSR count). The zero-order valence-corrected chi connectivity index (χ0v) is 6.10. The van der Waals surface area contributed by atoms with Crippen LogP contribution in [0.4, 0.5) is 0 Å². The summed E-state index contributed by atoms with van der Waals surface area (Å²) < 4.78 is 5.17. The molecule has 0 aromatic rings. The van der Waals surface area contributed by atoms with E-state index < -0.39 is 0 Å². The Morgan fingerprint density at radius 1 is 1.50 bits per heavy atom. The molecule has 1 fully saturated rings. The molecular weight excluding hydrogens is 126 g/mol. The van der Waals surface area contributed by atoms with Gasteiger partial charge in [-0.1, -0.05) is 6.42 Å². The second-order valence-electron chi connectivity index (χ2n) is 3.01. The van der Waals surface area contributed by atoms with E-state index in [2.05, 4.69) is 5.32 Å². The predicted molar refractivity (Wildman–Crippen MR) is 39.4 cm³/mol. The molecule has 2 nitrogen and oxygen atoms in total. The van der Waals surface area contributed by atoms with Crippen LogP contribution in [-0.4, -0.2) is 12.8 Å². The molecule has 0 aromatic carbocycles. The van der Waals surface area contributed by atoms with Crippen LogP contribution in [0.5, 0.6) is 0 Å². The van der Waals surface area contributed by atoms with E-state index in [4.69, 9.17) is 4.74 Å². The second kappa shape index (κ2) is 2.62. The van der Waals surface area contributed by atoms with Gasteiger partial charge >= 0.3 is 0 Å². The third-order valence-corrected chi connectivity index (χ3v) is 2.30. The van der Waals surface area contributed by atoms with Crippen LogP contribution in [0.2, 0.25) is 0 Å². The fraction of sp³-hybridized carbons (Fsp3) is 0.750. The quantitative estimate of drug-likeness (QED) is 0.547. The predicted octanol–water partition coefficient (Wildman–Crippen LogP) is 1.39. The summed E-state index contributed by atoms with van der Waals surface area (Å²) in [6.45, 7) is 0.703. The molecule has 0 amide bonds. The highest BCUT2D eigenvalue weighted by molar-refractivity contribution is 5.11. The van der Waals surface area contributed by atoms with Crippen LogP contribution in [0, 0.1) is 0 Å². The average molecular weight is 139 g/mol. The normalized spacial score (nSPS) is 32.0. The van der Waals surface area contributed by atoms with Gasteiger partial charge in [0.2, 0.25) is 0 Å². The Hall–Kier alpha value is -0.500. The van der Waals surface area contributed by atoms with Gasteiger partial charge in [-0.05, 0) is 24.8 Å². The maximum atomic E-state index is 5.17. The molecule has 0 spiro atoms. The maximum absolute atomic E-state index is 5.17. The third-order valence-electron chi connectivity index (χ3n) is 2.30. The van der Waals surface area contributed by atoms with Crippen molar-refractivity contribution in [2.75, 3.05) is 6.73 Å². The van der Waals surface area contributed by atoms with E-state index in [1.807, 2.05) is 6.26 Å². The molecule has 2 heteroatoms. The SMILES string of the molecule is C1=C2CCCCC2NCO1. The lowest BCUT2D eigenvalue weighted by Crippen LogP contribution is -2.37. The smallest absolute Gasteiger partial charge is 0.139 e. The molecule has 0 aromatic heterocycles. The highest BCUT2D eigenvalue weighted by Gasteiger charge is 2.20. The standard InChI is InChI=1S/C8H13NO/c1-2-4-8-7(3-1)5-10-6-9-8/h5,8-9H,1-4,6H2. The fourth-order valence-corrected chi connectivity index (χ4v) is 1.71. The van der Waals surface area contributed by atoms with E-state index in [0.717, 1.165) is 0 Å². The van der Waals surface area contributed by atoms with E-state index >= 15 is 0 Å². The van der Waals surface area contributed by atoms with Crippen molar-refractivity contribution in [3.8, 4) is 0 Å². The summed E-state index contributed by atoms with van der Waals surface area (Å²) in [6, 6.07) is 0.641. The molecule has 1 atom stereocenters. The average Bonchev–Trinajstić information content (AvgIpc) is 2.05. The molecule has 1 N–H and O–H groups in total. The van der Waals surface area contributed by atoms with E-state index in [9.17, 15) is 0 Å². The fourth-order valence-electron chi connectivity index (χ4n) is 1.71. The summed E-state index contributed by atoms with van der Waals surface area (Å²) >= 11 is 0. The minimum Gasteiger partial charge on any atom is -0.486 e. The van der Waals surface area contributed by atoms with Crippen LogP contribution >= 0.6 is 0 Å². The summed E-state index contributed by atoms with van der Waals surface area (Å²) in [6.07, 6.45) is 7.19. The van der Waals surface area contributed by atoms with Gasteiger partial charge in [0.1, 0.15) is 6.73 Å². The summed E-state index contributed by atoms with van der Waals surface area (Å²) in [5.41, 5.74) is 1.47. The number of nitrogens with one attached hydrogen (secondary N) is 1. The van der Waals surface area contributed by atoms with Gasteiger partial charge in [-0.2, -0.15) is 0 Å². The molecular formula is C8H13NO. The molecule has 0 radical (unpaired) electrons. The molecule has 0 bridgehead atoms. The van der Waals surface area contributed by atoms with Crippen LogP contribution in [0.1, 0.15) is 25.7 Å². The van der Waals surface area contributed by atoms with Crippen molar-refractivity contribution >= 4 is 0 Å². The minimum absolute atomic E-state index is 0.641. The Labute approximate surface area is 61.3 Å². The van der Waals surface area contributed by atoms with Crippen LogP contribution in [0.25, 0.3) is 0 Å². The molecule has 1 saturated carbocycles. The Morgan fingerprint density at radius 3 is 3.40 bits per heavy atom. The third kappa shape index (κ3) is 1.03. The van der Waals surface area contributed by atoms with Gasteiger partial charge in [-0.3, -0.25) is 5.32 Å². The van der Waals surface area contributed by atoms with Crippen molar-refractivity contribution in [2.45, 2.75) is 31.7 Å². The van der Waals surface area contributed by atoms with Crippen LogP contribution in [-0.2, 0) is 4.74 Å².